The van der Waals surface area contributed by atoms with Gasteiger partial charge in [0, 0.05) is 10.6 Å². The molecule has 1 amide bonds. The maximum Gasteiger partial charge on any atom is 0.248 e. The van der Waals surface area contributed by atoms with E-state index in [1.54, 1.807) is 18.2 Å². The molecule has 0 atom stereocenters. The minimum absolute atomic E-state index is 0.251. The van der Waals surface area contributed by atoms with Crippen molar-refractivity contribution in [2.75, 3.05) is 0 Å². The number of carbonyl (C=O) groups excluding carboxylic acids is 1. The maximum absolute atomic E-state index is 11.0. The average molecular weight is 198 g/mol. The van der Waals surface area contributed by atoms with Crippen molar-refractivity contribution in [2.24, 2.45) is 5.73 Å². The fraction of sp³-hybridized carbons (Fsp3) is 0.300. The lowest BCUT2D eigenvalue weighted by Crippen LogP contribution is -2.14. The highest BCUT2D eigenvalue weighted by atomic mass is 35.5. The lowest BCUT2D eigenvalue weighted by molar-refractivity contribution is 0.0999. The first-order valence-electron chi connectivity index (χ1n) is 4.11. The fourth-order valence-corrected chi connectivity index (χ4v) is 1.42. The molecule has 0 spiro atoms. The lowest BCUT2D eigenvalue weighted by Gasteiger charge is -2.10. The van der Waals surface area contributed by atoms with Crippen LogP contribution in [0.25, 0.3) is 0 Å². The van der Waals surface area contributed by atoms with Gasteiger partial charge in [0.2, 0.25) is 5.91 Å². The van der Waals surface area contributed by atoms with Crippen LogP contribution in [-0.2, 0) is 0 Å². The first-order valence-corrected chi connectivity index (χ1v) is 4.49. The van der Waals surface area contributed by atoms with Gasteiger partial charge < -0.3 is 5.73 Å². The Bertz CT molecular complexity index is 334. The summed E-state index contributed by atoms with van der Waals surface area (Å²) in [4.78, 5) is 11.0. The molecule has 1 aromatic carbocycles. The Labute approximate surface area is 82.7 Å². The molecule has 1 aromatic rings. The van der Waals surface area contributed by atoms with E-state index in [4.69, 9.17) is 17.3 Å². The molecule has 2 nitrogen and oxygen atoms in total. The minimum atomic E-state index is -0.402. The van der Waals surface area contributed by atoms with E-state index in [1.165, 1.54) is 0 Å². The minimum Gasteiger partial charge on any atom is -0.366 e. The quantitative estimate of drug-likeness (QED) is 0.778. The van der Waals surface area contributed by atoms with E-state index >= 15 is 0 Å². The second-order valence-corrected chi connectivity index (χ2v) is 3.69. The van der Waals surface area contributed by atoms with Gasteiger partial charge in [0.05, 0.1) is 0 Å². The largest absolute Gasteiger partial charge is 0.366 e. The molecule has 2 N–H and O–H groups in total. The van der Waals surface area contributed by atoms with Gasteiger partial charge in [0.15, 0.2) is 0 Å². The number of benzene rings is 1. The third kappa shape index (κ3) is 2.22. The second kappa shape index (κ2) is 3.79. The molecule has 0 aliphatic rings. The molecule has 13 heavy (non-hydrogen) atoms. The van der Waals surface area contributed by atoms with Crippen LogP contribution in [0.1, 0.15) is 35.7 Å². The third-order valence-electron chi connectivity index (χ3n) is 1.90. The lowest BCUT2D eigenvalue weighted by atomic mass is 9.97. The number of carbonyl (C=O) groups is 1. The topological polar surface area (TPSA) is 43.1 Å². The Morgan fingerprint density at radius 3 is 2.54 bits per heavy atom. The molecule has 0 heterocycles. The summed E-state index contributed by atoms with van der Waals surface area (Å²) in [5.74, 6) is -0.151. The number of primary amides is 1. The Morgan fingerprint density at radius 1 is 1.46 bits per heavy atom. The van der Waals surface area contributed by atoms with E-state index in [1.807, 2.05) is 13.8 Å². The molecule has 0 aliphatic carbocycles. The van der Waals surface area contributed by atoms with Crippen molar-refractivity contribution in [1.29, 1.82) is 0 Å². The van der Waals surface area contributed by atoms with Crippen LogP contribution in [0.3, 0.4) is 0 Å². The van der Waals surface area contributed by atoms with Crippen LogP contribution in [0, 0.1) is 0 Å². The standard InChI is InChI=1S/C10H12ClNO/c1-6(2)9-5-7(11)3-4-8(9)10(12)13/h3-6H,1-2H3,(H2,12,13). The van der Waals surface area contributed by atoms with Crippen LogP contribution >= 0.6 is 11.6 Å². The molecular formula is C10H12ClNO. The summed E-state index contributed by atoms with van der Waals surface area (Å²) in [6.45, 7) is 4.00. The smallest absolute Gasteiger partial charge is 0.248 e. The monoisotopic (exact) mass is 197 g/mol. The predicted molar refractivity (Wildman–Crippen MR) is 54.1 cm³/mol. The zero-order valence-electron chi connectivity index (χ0n) is 7.67. The molecule has 0 bridgehead atoms. The number of amides is 1. The van der Waals surface area contributed by atoms with E-state index in [2.05, 4.69) is 0 Å². The van der Waals surface area contributed by atoms with Crippen molar-refractivity contribution in [3.8, 4) is 0 Å². The van der Waals surface area contributed by atoms with Gasteiger partial charge in [-0.25, -0.2) is 0 Å². The Morgan fingerprint density at radius 2 is 2.08 bits per heavy atom. The molecule has 3 heteroatoms. The Balaban J connectivity index is 3.26. The van der Waals surface area contributed by atoms with Crippen LogP contribution in [0.4, 0.5) is 0 Å². The first kappa shape index (κ1) is 10.1. The molecule has 1 rings (SSSR count). The van der Waals surface area contributed by atoms with E-state index < -0.39 is 5.91 Å². The van der Waals surface area contributed by atoms with E-state index in [0.29, 0.717) is 10.6 Å². The van der Waals surface area contributed by atoms with Crippen molar-refractivity contribution in [3.05, 3.63) is 34.3 Å². The molecule has 0 aliphatic heterocycles. The van der Waals surface area contributed by atoms with Crippen LogP contribution in [0.2, 0.25) is 5.02 Å². The Hall–Kier alpha value is -1.02. The number of nitrogens with two attached hydrogens (primary N) is 1. The van der Waals surface area contributed by atoms with Crippen LogP contribution in [-0.4, -0.2) is 5.91 Å². The summed E-state index contributed by atoms with van der Waals surface area (Å²) < 4.78 is 0. The second-order valence-electron chi connectivity index (χ2n) is 3.25. The number of halogens is 1. The van der Waals surface area contributed by atoms with Crippen molar-refractivity contribution >= 4 is 17.5 Å². The SMILES string of the molecule is CC(C)c1cc(Cl)ccc1C(N)=O. The molecule has 0 fully saturated rings. The van der Waals surface area contributed by atoms with Gasteiger partial charge >= 0.3 is 0 Å². The summed E-state index contributed by atoms with van der Waals surface area (Å²) in [6, 6.07) is 5.12. The van der Waals surface area contributed by atoms with Crippen molar-refractivity contribution in [3.63, 3.8) is 0 Å². The summed E-state index contributed by atoms with van der Waals surface area (Å²) in [7, 11) is 0. The Kier molecular flexibility index (Phi) is 2.94. The average Bonchev–Trinajstić information content (AvgIpc) is 2.03. The molecule has 0 aromatic heterocycles. The van der Waals surface area contributed by atoms with Gasteiger partial charge in [-0.3, -0.25) is 4.79 Å². The highest BCUT2D eigenvalue weighted by molar-refractivity contribution is 6.30. The predicted octanol–water partition coefficient (Wildman–Crippen LogP) is 2.56. The van der Waals surface area contributed by atoms with Crippen LogP contribution in [0.5, 0.6) is 0 Å². The molecule has 0 saturated carbocycles. The van der Waals surface area contributed by atoms with Gasteiger partial charge in [-0.2, -0.15) is 0 Å². The normalized spacial score (nSPS) is 10.5. The zero-order chi connectivity index (χ0) is 10.0. The summed E-state index contributed by atoms with van der Waals surface area (Å²) in [5, 5.41) is 0.633. The molecular weight excluding hydrogens is 186 g/mol. The third-order valence-corrected chi connectivity index (χ3v) is 2.14. The van der Waals surface area contributed by atoms with E-state index in [-0.39, 0.29) is 5.92 Å². The van der Waals surface area contributed by atoms with Gasteiger partial charge in [-0.15, -0.1) is 0 Å². The molecule has 0 radical (unpaired) electrons. The zero-order valence-corrected chi connectivity index (χ0v) is 8.43. The summed E-state index contributed by atoms with van der Waals surface area (Å²) in [5.41, 5.74) is 6.68. The summed E-state index contributed by atoms with van der Waals surface area (Å²) >= 11 is 5.81. The molecule has 0 unspecified atom stereocenters. The van der Waals surface area contributed by atoms with Crippen LogP contribution < -0.4 is 5.73 Å². The first-order chi connectivity index (χ1) is 6.02. The highest BCUT2D eigenvalue weighted by Crippen LogP contribution is 2.22. The maximum atomic E-state index is 11.0. The van der Waals surface area contributed by atoms with Gasteiger partial charge in [-0.1, -0.05) is 25.4 Å². The van der Waals surface area contributed by atoms with Crippen molar-refractivity contribution < 1.29 is 4.79 Å². The summed E-state index contributed by atoms with van der Waals surface area (Å²) in [6.07, 6.45) is 0. The van der Waals surface area contributed by atoms with Crippen molar-refractivity contribution in [2.45, 2.75) is 19.8 Å². The van der Waals surface area contributed by atoms with E-state index in [9.17, 15) is 4.79 Å². The van der Waals surface area contributed by atoms with Crippen LogP contribution in [0.15, 0.2) is 18.2 Å². The van der Waals surface area contributed by atoms with Gasteiger partial charge in [-0.05, 0) is 29.7 Å². The van der Waals surface area contributed by atoms with Gasteiger partial charge in [0.1, 0.15) is 0 Å². The van der Waals surface area contributed by atoms with Crippen molar-refractivity contribution in [1.82, 2.24) is 0 Å². The fourth-order valence-electron chi connectivity index (χ4n) is 1.24. The molecule has 70 valence electrons. The number of hydrogen-bond acceptors (Lipinski definition) is 1. The number of hydrogen-bond donors (Lipinski definition) is 1. The highest BCUT2D eigenvalue weighted by Gasteiger charge is 2.10. The van der Waals surface area contributed by atoms with Gasteiger partial charge in [0.25, 0.3) is 0 Å². The molecule has 0 saturated heterocycles. The van der Waals surface area contributed by atoms with E-state index in [0.717, 1.165) is 5.56 Å². The number of rotatable bonds is 2.